The molecule has 1 N–H and O–H groups in total. The van der Waals surface area contributed by atoms with Gasteiger partial charge in [0.25, 0.3) is 5.56 Å². The summed E-state index contributed by atoms with van der Waals surface area (Å²) < 4.78 is 17.8. The molecule has 7 nitrogen and oxygen atoms in total. The van der Waals surface area contributed by atoms with Crippen LogP contribution in [0.15, 0.2) is 90.5 Å². The van der Waals surface area contributed by atoms with Crippen molar-refractivity contribution in [3.8, 4) is 17.2 Å². The largest absolute Gasteiger partial charge is 0.505 e. The van der Waals surface area contributed by atoms with Gasteiger partial charge >= 0.3 is 5.63 Å². The minimum atomic E-state index is -0.748. The number of ether oxygens (including phenoxy) is 2. The van der Waals surface area contributed by atoms with Crippen molar-refractivity contribution < 1.29 is 19.0 Å². The van der Waals surface area contributed by atoms with E-state index >= 15 is 0 Å². The molecule has 0 aliphatic rings. The first-order chi connectivity index (χ1) is 17.4. The maximum atomic E-state index is 13.8. The highest BCUT2D eigenvalue weighted by Gasteiger charge is 2.23. The fourth-order valence-electron chi connectivity index (χ4n) is 4.01. The Labute approximate surface area is 214 Å². The summed E-state index contributed by atoms with van der Waals surface area (Å²) in [6.45, 7) is 0.188. The van der Waals surface area contributed by atoms with Gasteiger partial charge in [-0.25, -0.2) is 4.79 Å². The number of fused-ring (bicyclic) bond motifs is 3. The van der Waals surface area contributed by atoms with E-state index < -0.39 is 16.9 Å². The van der Waals surface area contributed by atoms with Gasteiger partial charge in [0, 0.05) is 21.4 Å². The number of methoxy groups -OCH3 is 2. The Morgan fingerprint density at radius 3 is 2.42 bits per heavy atom. The molecule has 2 heterocycles. The lowest BCUT2D eigenvalue weighted by atomic mass is 10.1. The van der Waals surface area contributed by atoms with Crippen molar-refractivity contribution in [2.24, 2.45) is 0 Å². The lowest BCUT2D eigenvalue weighted by molar-refractivity contribution is 0.414. The number of hydrogen-bond acceptors (Lipinski definition) is 7. The smallest absolute Gasteiger partial charge is 0.354 e. The summed E-state index contributed by atoms with van der Waals surface area (Å²) in [6.07, 6.45) is 0. The van der Waals surface area contributed by atoms with Crippen LogP contribution in [-0.2, 0) is 6.54 Å². The van der Waals surface area contributed by atoms with E-state index in [0.29, 0.717) is 32.3 Å². The van der Waals surface area contributed by atoms with E-state index in [-0.39, 0.29) is 22.4 Å². The van der Waals surface area contributed by atoms with E-state index in [1.807, 2.05) is 24.3 Å². The summed E-state index contributed by atoms with van der Waals surface area (Å²) in [7, 11) is 3.10. The summed E-state index contributed by atoms with van der Waals surface area (Å²) >= 11 is 6.96. The van der Waals surface area contributed by atoms with Crippen LogP contribution in [0.4, 0.5) is 0 Å². The lowest BCUT2D eigenvalue weighted by Gasteiger charge is -2.15. The molecule has 0 aliphatic carbocycles. The first kappa shape index (κ1) is 23.8. The zero-order valence-corrected chi connectivity index (χ0v) is 20.9. The molecular formula is C27H20ClNO6S. The van der Waals surface area contributed by atoms with E-state index in [2.05, 4.69) is 0 Å². The second kappa shape index (κ2) is 9.64. The zero-order chi connectivity index (χ0) is 25.4. The van der Waals surface area contributed by atoms with E-state index in [1.165, 1.54) is 11.7 Å². The summed E-state index contributed by atoms with van der Waals surface area (Å²) in [4.78, 5) is 27.3. The summed E-state index contributed by atoms with van der Waals surface area (Å²) in [5, 5.41) is 12.1. The highest BCUT2D eigenvalue weighted by atomic mass is 35.5. The Morgan fingerprint density at radius 2 is 1.69 bits per heavy atom. The molecule has 0 fully saturated rings. The molecule has 0 aliphatic heterocycles. The highest BCUT2D eigenvalue weighted by molar-refractivity contribution is 7.99. The summed E-state index contributed by atoms with van der Waals surface area (Å²) in [5.74, 6) is 0.754. The molecular weight excluding hydrogens is 502 g/mol. The van der Waals surface area contributed by atoms with Crippen LogP contribution in [0.5, 0.6) is 17.2 Å². The number of pyridine rings is 1. The maximum absolute atomic E-state index is 13.8. The zero-order valence-electron chi connectivity index (χ0n) is 19.3. The maximum Gasteiger partial charge on any atom is 0.354 e. The molecule has 0 amide bonds. The Bertz CT molecular complexity index is 1730. The number of hydrogen-bond donors (Lipinski definition) is 1. The van der Waals surface area contributed by atoms with Gasteiger partial charge in [0.2, 0.25) is 0 Å². The van der Waals surface area contributed by atoms with Gasteiger partial charge in [-0.15, -0.1) is 0 Å². The molecule has 5 aromatic rings. The van der Waals surface area contributed by atoms with Crippen LogP contribution in [0.1, 0.15) is 5.56 Å². The topological polar surface area (TPSA) is 90.9 Å². The highest BCUT2D eigenvalue weighted by Crippen LogP contribution is 2.38. The third kappa shape index (κ3) is 4.29. The van der Waals surface area contributed by atoms with Crippen molar-refractivity contribution in [2.75, 3.05) is 14.2 Å². The van der Waals surface area contributed by atoms with Gasteiger partial charge in [-0.1, -0.05) is 35.5 Å². The number of aromatic hydroxyl groups is 1. The number of benzene rings is 3. The standard InChI is InChI=1S/C27H20ClNO6S/c1-33-17-5-3-4-15(12-17)14-29-21-13-18(34-2)8-11-20(21)24-22(26(29)31)23(30)25(27(32)35-24)36-19-9-6-16(28)7-10-19/h3-13,30H,14H2,1-2H3. The van der Waals surface area contributed by atoms with Gasteiger partial charge in [-0.3, -0.25) is 4.79 Å². The van der Waals surface area contributed by atoms with Gasteiger partial charge in [0.15, 0.2) is 11.3 Å². The third-order valence-electron chi connectivity index (χ3n) is 5.77. The monoisotopic (exact) mass is 521 g/mol. The van der Waals surface area contributed by atoms with Gasteiger partial charge in [-0.05, 0) is 54.1 Å². The molecule has 0 bridgehead atoms. The van der Waals surface area contributed by atoms with Crippen LogP contribution < -0.4 is 20.7 Å². The van der Waals surface area contributed by atoms with Gasteiger partial charge in [0.05, 0.1) is 26.3 Å². The minimum Gasteiger partial charge on any atom is -0.505 e. The molecule has 0 unspecified atom stereocenters. The SMILES string of the molecule is COc1cccc(Cn2c(=O)c3c(O)c(Sc4ccc(Cl)cc4)c(=O)oc3c3ccc(OC)cc32)c1. The molecule has 9 heteroatoms. The average Bonchev–Trinajstić information content (AvgIpc) is 2.89. The van der Waals surface area contributed by atoms with Gasteiger partial charge < -0.3 is 23.6 Å². The Kier molecular flexibility index (Phi) is 6.38. The third-order valence-corrected chi connectivity index (χ3v) is 7.09. The molecule has 0 saturated heterocycles. The minimum absolute atomic E-state index is 0.0162. The average molecular weight is 522 g/mol. The van der Waals surface area contributed by atoms with Crippen molar-refractivity contribution in [3.63, 3.8) is 0 Å². The van der Waals surface area contributed by atoms with Crippen molar-refractivity contribution in [1.29, 1.82) is 0 Å². The molecule has 0 saturated carbocycles. The van der Waals surface area contributed by atoms with E-state index in [9.17, 15) is 14.7 Å². The van der Waals surface area contributed by atoms with Crippen molar-refractivity contribution in [1.82, 2.24) is 4.57 Å². The first-order valence-corrected chi connectivity index (χ1v) is 12.1. The molecule has 0 spiro atoms. The second-order valence-electron chi connectivity index (χ2n) is 7.95. The predicted octanol–water partition coefficient (Wildman–Crippen LogP) is 5.68. The Morgan fingerprint density at radius 1 is 0.972 bits per heavy atom. The molecule has 36 heavy (non-hydrogen) atoms. The molecule has 0 atom stereocenters. The first-order valence-electron chi connectivity index (χ1n) is 10.9. The predicted molar refractivity (Wildman–Crippen MR) is 140 cm³/mol. The Balaban J connectivity index is 1.78. The van der Waals surface area contributed by atoms with Crippen molar-refractivity contribution in [3.05, 3.63) is 98.1 Å². The molecule has 3 aromatic carbocycles. The number of halogens is 1. The Hall–Kier alpha value is -3.88. The molecule has 182 valence electrons. The van der Waals surface area contributed by atoms with Crippen LogP contribution in [0.2, 0.25) is 5.02 Å². The summed E-state index contributed by atoms with van der Waals surface area (Å²) in [5.41, 5.74) is 0.0696. The van der Waals surface area contributed by atoms with Gasteiger partial charge in [0.1, 0.15) is 21.8 Å². The molecule has 0 radical (unpaired) electrons. The van der Waals surface area contributed by atoms with Crippen LogP contribution in [0.25, 0.3) is 21.9 Å². The fourth-order valence-corrected chi connectivity index (χ4v) is 4.97. The van der Waals surface area contributed by atoms with E-state index in [0.717, 1.165) is 17.3 Å². The number of rotatable bonds is 6. The number of aromatic nitrogens is 1. The quantitative estimate of drug-likeness (QED) is 0.287. The van der Waals surface area contributed by atoms with Gasteiger partial charge in [-0.2, -0.15) is 0 Å². The number of nitrogens with zero attached hydrogens (tertiary/aromatic N) is 1. The van der Waals surface area contributed by atoms with E-state index in [1.54, 1.807) is 49.6 Å². The molecule has 5 rings (SSSR count). The molecule has 2 aromatic heterocycles. The summed E-state index contributed by atoms with van der Waals surface area (Å²) in [6, 6.07) is 19.2. The van der Waals surface area contributed by atoms with E-state index in [4.69, 9.17) is 25.5 Å². The van der Waals surface area contributed by atoms with Crippen molar-refractivity contribution >= 4 is 45.2 Å². The van der Waals surface area contributed by atoms with Crippen LogP contribution in [-0.4, -0.2) is 23.9 Å². The van der Waals surface area contributed by atoms with Crippen LogP contribution in [0.3, 0.4) is 0 Å². The second-order valence-corrected chi connectivity index (χ2v) is 9.47. The van der Waals surface area contributed by atoms with Crippen molar-refractivity contribution in [2.45, 2.75) is 16.3 Å². The van der Waals surface area contributed by atoms with Crippen LogP contribution in [0, 0.1) is 0 Å². The van der Waals surface area contributed by atoms with Crippen LogP contribution >= 0.6 is 23.4 Å². The normalized spacial score (nSPS) is 11.2. The fraction of sp³-hybridized carbons (Fsp3) is 0.111. The lowest BCUT2D eigenvalue weighted by Crippen LogP contribution is -2.23.